The van der Waals surface area contributed by atoms with E-state index in [0.717, 1.165) is 10.2 Å². The number of pyridine rings is 1. The zero-order valence-electron chi connectivity index (χ0n) is 12.5. The van der Waals surface area contributed by atoms with Gasteiger partial charge in [-0.2, -0.15) is 0 Å². The van der Waals surface area contributed by atoms with Crippen LogP contribution in [0.4, 0.5) is 4.79 Å². The van der Waals surface area contributed by atoms with E-state index in [1.807, 2.05) is 32.9 Å². The van der Waals surface area contributed by atoms with Crippen LogP contribution in [0.5, 0.6) is 0 Å². The van der Waals surface area contributed by atoms with Gasteiger partial charge in [-0.15, -0.1) is 0 Å². The van der Waals surface area contributed by atoms with Crippen molar-refractivity contribution in [2.45, 2.75) is 32.4 Å². The van der Waals surface area contributed by atoms with Crippen molar-refractivity contribution in [1.82, 2.24) is 9.88 Å². The molecule has 0 spiro atoms. The highest BCUT2D eigenvalue weighted by Crippen LogP contribution is 2.22. The molecule has 1 unspecified atom stereocenters. The minimum atomic E-state index is -0.534. The molecule has 0 saturated carbocycles. The van der Waals surface area contributed by atoms with Gasteiger partial charge in [-0.25, -0.2) is 4.79 Å². The number of hydrogen-bond acceptors (Lipinski definition) is 4. The number of aromatic nitrogens is 1. The predicted octanol–water partition coefficient (Wildman–Crippen LogP) is 3.40. The third kappa shape index (κ3) is 5.09. The largest absolute Gasteiger partial charge is 0.444 e. The first kappa shape index (κ1) is 16.9. The molecule has 112 valence electrons. The highest BCUT2D eigenvalue weighted by atomic mass is 79.9. The fraction of sp³-hybridized carbons (Fsp3) is 0.571. The Labute approximate surface area is 128 Å². The van der Waals surface area contributed by atoms with Crippen LogP contribution in [0.15, 0.2) is 22.8 Å². The van der Waals surface area contributed by atoms with E-state index in [4.69, 9.17) is 9.47 Å². The van der Waals surface area contributed by atoms with Gasteiger partial charge in [0.2, 0.25) is 0 Å². The van der Waals surface area contributed by atoms with E-state index < -0.39 is 11.7 Å². The van der Waals surface area contributed by atoms with Crippen LogP contribution in [-0.4, -0.2) is 42.3 Å². The Bertz CT molecular complexity index is 460. The minimum Gasteiger partial charge on any atom is -0.444 e. The summed E-state index contributed by atoms with van der Waals surface area (Å²) in [6.45, 7) is 5.85. The zero-order valence-corrected chi connectivity index (χ0v) is 14.1. The molecule has 1 amide bonds. The Hall–Kier alpha value is -1.14. The van der Waals surface area contributed by atoms with Crippen molar-refractivity contribution in [3.05, 3.63) is 28.5 Å². The number of ether oxygens (including phenoxy) is 2. The fourth-order valence-electron chi connectivity index (χ4n) is 1.62. The van der Waals surface area contributed by atoms with Gasteiger partial charge in [-0.1, -0.05) is 15.9 Å². The second kappa shape index (κ2) is 7.04. The van der Waals surface area contributed by atoms with Crippen LogP contribution in [0.3, 0.4) is 0 Å². The Morgan fingerprint density at radius 3 is 2.65 bits per heavy atom. The van der Waals surface area contributed by atoms with Crippen LogP contribution in [0.1, 0.15) is 32.5 Å². The summed E-state index contributed by atoms with van der Waals surface area (Å²) in [5.41, 5.74) is 0.211. The number of likely N-dealkylation sites (N-methyl/N-ethyl adjacent to an activating group) is 1. The zero-order chi connectivity index (χ0) is 15.3. The highest BCUT2D eigenvalue weighted by Gasteiger charge is 2.27. The molecule has 1 atom stereocenters. The summed E-state index contributed by atoms with van der Waals surface area (Å²) < 4.78 is 11.5. The van der Waals surface area contributed by atoms with E-state index in [2.05, 4.69) is 20.9 Å². The maximum absolute atomic E-state index is 12.1. The molecule has 0 fully saturated rings. The Balaban J connectivity index is 2.93. The SMILES string of the molecule is COCC(c1cc(Br)ccn1)N(C)C(=O)OC(C)(C)C. The van der Waals surface area contributed by atoms with Crippen molar-refractivity contribution < 1.29 is 14.3 Å². The lowest BCUT2D eigenvalue weighted by atomic mass is 10.1. The normalized spacial score (nSPS) is 12.9. The van der Waals surface area contributed by atoms with Crippen molar-refractivity contribution in [2.24, 2.45) is 0 Å². The quantitative estimate of drug-likeness (QED) is 0.839. The van der Waals surface area contributed by atoms with Crippen LogP contribution >= 0.6 is 15.9 Å². The molecule has 0 aliphatic carbocycles. The molecule has 0 aromatic carbocycles. The van der Waals surface area contributed by atoms with E-state index in [-0.39, 0.29) is 6.04 Å². The number of carbonyl (C=O) groups is 1. The second-order valence-electron chi connectivity index (χ2n) is 5.46. The summed E-state index contributed by atoms with van der Waals surface area (Å²) in [7, 11) is 3.27. The number of nitrogens with zero attached hydrogens (tertiary/aromatic N) is 2. The van der Waals surface area contributed by atoms with Gasteiger partial charge in [0, 0.05) is 24.8 Å². The summed E-state index contributed by atoms with van der Waals surface area (Å²) in [6.07, 6.45) is 1.28. The topological polar surface area (TPSA) is 51.7 Å². The molecular weight excluding hydrogens is 324 g/mol. The van der Waals surface area contributed by atoms with E-state index >= 15 is 0 Å². The van der Waals surface area contributed by atoms with Gasteiger partial charge >= 0.3 is 6.09 Å². The minimum absolute atomic E-state index is 0.299. The van der Waals surface area contributed by atoms with Crippen LogP contribution < -0.4 is 0 Å². The Morgan fingerprint density at radius 1 is 1.50 bits per heavy atom. The van der Waals surface area contributed by atoms with Crippen molar-refractivity contribution in [3.8, 4) is 0 Å². The van der Waals surface area contributed by atoms with Crippen molar-refractivity contribution >= 4 is 22.0 Å². The van der Waals surface area contributed by atoms with Crippen LogP contribution in [0.25, 0.3) is 0 Å². The monoisotopic (exact) mass is 344 g/mol. The van der Waals surface area contributed by atoms with Gasteiger partial charge in [0.05, 0.1) is 12.3 Å². The lowest BCUT2D eigenvalue weighted by molar-refractivity contribution is 0.0120. The van der Waals surface area contributed by atoms with E-state index in [1.165, 1.54) is 4.90 Å². The second-order valence-corrected chi connectivity index (χ2v) is 6.38. The molecule has 0 bridgehead atoms. The summed E-state index contributed by atoms with van der Waals surface area (Å²) in [5.74, 6) is 0. The van der Waals surface area contributed by atoms with Crippen molar-refractivity contribution in [2.75, 3.05) is 20.8 Å². The molecule has 1 heterocycles. The van der Waals surface area contributed by atoms with Crippen molar-refractivity contribution in [1.29, 1.82) is 0 Å². The molecule has 0 saturated heterocycles. The lowest BCUT2D eigenvalue weighted by Crippen LogP contribution is -2.38. The molecule has 0 radical (unpaired) electrons. The molecule has 0 aliphatic rings. The molecule has 1 aromatic heterocycles. The lowest BCUT2D eigenvalue weighted by Gasteiger charge is -2.30. The van der Waals surface area contributed by atoms with Crippen LogP contribution in [0.2, 0.25) is 0 Å². The van der Waals surface area contributed by atoms with E-state index in [1.54, 1.807) is 20.4 Å². The van der Waals surface area contributed by atoms with E-state index in [0.29, 0.717) is 6.61 Å². The number of methoxy groups -OCH3 is 1. The van der Waals surface area contributed by atoms with Crippen LogP contribution in [0, 0.1) is 0 Å². The fourth-order valence-corrected chi connectivity index (χ4v) is 1.97. The van der Waals surface area contributed by atoms with Crippen molar-refractivity contribution in [3.63, 3.8) is 0 Å². The number of halogens is 1. The molecule has 1 aromatic rings. The molecule has 20 heavy (non-hydrogen) atoms. The maximum Gasteiger partial charge on any atom is 0.410 e. The first-order valence-corrected chi connectivity index (χ1v) is 7.10. The predicted molar refractivity (Wildman–Crippen MR) is 80.6 cm³/mol. The average Bonchev–Trinajstić information content (AvgIpc) is 2.33. The smallest absolute Gasteiger partial charge is 0.410 e. The highest BCUT2D eigenvalue weighted by molar-refractivity contribution is 9.10. The first-order chi connectivity index (χ1) is 9.24. The third-order valence-electron chi connectivity index (χ3n) is 2.56. The molecule has 0 aliphatic heterocycles. The molecule has 6 heteroatoms. The Morgan fingerprint density at radius 2 is 2.15 bits per heavy atom. The standard InChI is InChI=1S/C14H21BrN2O3/c1-14(2,3)20-13(18)17(4)12(9-19-5)11-8-10(15)6-7-16-11/h6-8,12H,9H2,1-5H3. The third-order valence-corrected chi connectivity index (χ3v) is 3.05. The number of rotatable bonds is 4. The number of hydrogen-bond donors (Lipinski definition) is 0. The summed E-state index contributed by atoms with van der Waals surface area (Å²) in [5, 5.41) is 0. The summed E-state index contributed by atoms with van der Waals surface area (Å²) >= 11 is 3.40. The van der Waals surface area contributed by atoms with Gasteiger partial charge in [0.1, 0.15) is 11.6 Å². The van der Waals surface area contributed by atoms with E-state index in [9.17, 15) is 4.79 Å². The van der Waals surface area contributed by atoms with Gasteiger partial charge in [-0.05, 0) is 32.9 Å². The van der Waals surface area contributed by atoms with Gasteiger partial charge in [0.15, 0.2) is 0 Å². The molecule has 0 N–H and O–H groups in total. The molecule has 1 rings (SSSR count). The van der Waals surface area contributed by atoms with Gasteiger partial charge < -0.3 is 14.4 Å². The van der Waals surface area contributed by atoms with Crippen LogP contribution in [-0.2, 0) is 9.47 Å². The van der Waals surface area contributed by atoms with Gasteiger partial charge in [0.25, 0.3) is 0 Å². The summed E-state index contributed by atoms with van der Waals surface area (Å²) in [6, 6.07) is 3.40. The molecular formula is C14H21BrN2O3. The summed E-state index contributed by atoms with van der Waals surface area (Å²) in [4.78, 5) is 17.9. The maximum atomic E-state index is 12.1. The van der Waals surface area contributed by atoms with Gasteiger partial charge in [-0.3, -0.25) is 4.98 Å². The average molecular weight is 345 g/mol. The molecule has 5 nitrogen and oxygen atoms in total. The number of carbonyl (C=O) groups excluding carboxylic acids is 1. The first-order valence-electron chi connectivity index (χ1n) is 6.31. The number of amides is 1. The Kier molecular flexibility index (Phi) is 5.95.